The summed E-state index contributed by atoms with van der Waals surface area (Å²) >= 11 is 0. The first kappa shape index (κ1) is 8.52. The summed E-state index contributed by atoms with van der Waals surface area (Å²) in [5.74, 6) is 0.967. The zero-order chi connectivity index (χ0) is 8.55. The van der Waals surface area contributed by atoms with Gasteiger partial charge in [0.2, 0.25) is 0 Å². The molecule has 0 aromatic rings. The lowest BCUT2D eigenvalue weighted by atomic mass is 9.80. The van der Waals surface area contributed by atoms with Gasteiger partial charge < -0.3 is 5.73 Å². The Kier molecular flexibility index (Phi) is 2.37. The highest BCUT2D eigenvalue weighted by molar-refractivity contribution is 4.91. The fourth-order valence-electron chi connectivity index (χ4n) is 2.72. The standard InChI is InChI=1S/C10H20N2/c1-8-5-10(6-8)12-4-2-3-9(12)7-11/h8-10H,2-7,11H2,1H3. The van der Waals surface area contributed by atoms with Gasteiger partial charge in [0.1, 0.15) is 0 Å². The number of hydrogen-bond acceptors (Lipinski definition) is 2. The minimum absolute atomic E-state index is 0.711. The van der Waals surface area contributed by atoms with Crippen LogP contribution in [0, 0.1) is 5.92 Å². The van der Waals surface area contributed by atoms with Crippen LogP contribution in [0.1, 0.15) is 32.6 Å². The van der Waals surface area contributed by atoms with E-state index in [4.69, 9.17) is 5.73 Å². The predicted molar refractivity (Wildman–Crippen MR) is 51.0 cm³/mol. The summed E-state index contributed by atoms with van der Waals surface area (Å²) in [6.45, 7) is 4.52. The quantitative estimate of drug-likeness (QED) is 0.671. The SMILES string of the molecule is CC1CC(N2CCCC2CN)C1. The van der Waals surface area contributed by atoms with Crippen molar-refractivity contribution in [1.82, 2.24) is 4.90 Å². The van der Waals surface area contributed by atoms with E-state index < -0.39 is 0 Å². The van der Waals surface area contributed by atoms with E-state index >= 15 is 0 Å². The highest BCUT2D eigenvalue weighted by Crippen LogP contribution is 2.35. The second-order valence-corrected chi connectivity index (χ2v) is 4.50. The third kappa shape index (κ3) is 1.38. The van der Waals surface area contributed by atoms with Crippen molar-refractivity contribution in [3.8, 4) is 0 Å². The predicted octanol–water partition coefficient (Wildman–Crippen LogP) is 1.21. The van der Waals surface area contributed by atoms with Crippen molar-refractivity contribution in [2.45, 2.75) is 44.7 Å². The van der Waals surface area contributed by atoms with Crippen LogP contribution in [0.15, 0.2) is 0 Å². The Morgan fingerprint density at radius 3 is 2.75 bits per heavy atom. The summed E-state index contributed by atoms with van der Waals surface area (Å²) in [6, 6.07) is 1.60. The Morgan fingerprint density at radius 1 is 1.42 bits per heavy atom. The zero-order valence-electron chi connectivity index (χ0n) is 8.00. The van der Waals surface area contributed by atoms with Crippen LogP contribution in [0.5, 0.6) is 0 Å². The van der Waals surface area contributed by atoms with Crippen LogP contribution in [-0.4, -0.2) is 30.1 Å². The van der Waals surface area contributed by atoms with Gasteiger partial charge in [-0.25, -0.2) is 0 Å². The maximum atomic E-state index is 5.73. The largest absolute Gasteiger partial charge is 0.329 e. The molecule has 1 aliphatic carbocycles. The first-order valence-corrected chi connectivity index (χ1v) is 5.27. The van der Waals surface area contributed by atoms with Gasteiger partial charge in [-0.15, -0.1) is 0 Å². The molecule has 1 saturated carbocycles. The number of nitrogens with zero attached hydrogens (tertiary/aromatic N) is 1. The summed E-state index contributed by atoms with van der Waals surface area (Å²) in [7, 11) is 0. The summed E-state index contributed by atoms with van der Waals surface area (Å²) in [5, 5.41) is 0. The fraction of sp³-hybridized carbons (Fsp3) is 1.00. The molecule has 1 atom stereocenters. The molecular formula is C10H20N2. The smallest absolute Gasteiger partial charge is 0.0221 e. The van der Waals surface area contributed by atoms with Crippen molar-refractivity contribution < 1.29 is 0 Å². The van der Waals surface area contributed by atoms with E-state index in [1.165, 1.54) is 32.2 Å². The molecule has 1 unspecified atom stereocenters. The minimum atomic E-state index is 0.711. The minimum Gasteiger partial charge on any atom is -0.329 e. The molecule has 2 heteroatoms. The third-order valence-electron chi connectivity index (χ3n) is 3.51. The van der Waals surface area contributed by atoms with E-state index in [1.807, 2.05) is 0 Å². The topological polar surface area (TPSA) is 29.3 Å². The zero-order valence-corrected chi connectivity index (χ0v) is 8.00. The van der Waals surface area contributed by atoms with Crippen LogP contribution >= 0.6 is 0 Å². The molecule has 0 bridgehead atoms. The molecule has 70 valence electrons. The van der Waals surface area contributed by atoms with Gasteiger partial charge in [-0.05, 0) is 38.1 Å². The molecule has 2 nitrogen and oxygen atoms in total. The molecule has 2 rings (SSSR count). The highest BCUT2D eigenvalue weighted by Gasteiger charge is 2.36. The molecule has 0 radical (unpaired) electrons. The summed E-state index contributed by atoms with van der Waals surface area (Å²) in [6.07, 6.45) is 5.53. The van der Waals surface area contributed by atoms with Crippen LogP contribution in [0.2, 0.25) is 0 Å². The maximum Gasteiger partial charge on any atom is 0.0221 e. The lowest BCUT2D eigenvalue weighted by molar-refractivity contribution is 0.0779. The van der Waals surface area contributed by atoms with E-state index in [0.717, 1.165) is 18.5 Å². The van der Waals surface area contributed by atoms with E-state index in [1.54, 1.807) is 0 Å². The van der Waals surface area contributed by atoms with E-state index in [0.29, 0.717) is 6.04 Å². The first-order valence-electron chi connectivity index (χ1n) is 5.27. The van der Waals surface area contributed by atoms with E-state index in [2.05, 4.69) is 11.8 Å². The Morgan fingerprint density at radius 2 is 2.17 bits per heavy atom. The van der Waals surface area contributed by atoms with Crippen molar-refractivity contribution in [3.63, 3.8) is 0 Å². The van der Waals surface area contributed by atoms with Gasteiger partial charge in [0.25, 0.3) is 0 Å². The Labute approximate surface area is 75.1 Å². The van der Waals surface area contributed by atoms with Crippen molar-refractivity contribution in [2.24, 2.45) is 11.7 Å². The first-order chi connectivity index (χ1) is 5.81. The average Bonchev–Trinajstić information content (AvgIpc) is 2.45. The van der Waals surface area contributed by atoms with Crippen molar-refractivity contribution in [1.29, 1.82) is 0 Å². The highest BCUT2D eigenvalue weighted by atomic mass is 15.2. The number of rotatable bonds is 2. The van der Waals surface area contributed by atoms with Crippen LogP contribution in [0.3, 0.4) is 0 Å². The van der Waals surface area contributed by atoms with Crippen LogP contribution in [0.25, 0.3) is 0 Å². The van der Waals surface area contributed by atoms with Crippen LogP contribution < -0.4 is 5.73 Å². The Balaban J connectivity index is 1.86. The van der Waals surface area contributed by atoms with Crippen LogP contribution in [0.4, 0.5) is 0 Å². The Hall–Kier alpha value is -0.0800. The number of hydrogen-bond donors (Lipinski definition) is 1. The number of nitrogens with two attached hydrogens (primary N) is 1. The maximum absolute atomic E-state index is 5.73. The fourth-order valence-corrected chi connectivity index (χ4v) is 2.72. The lowest BCUT2D eigenvalue weighted by Gasteiger charge is -2.42. The van der Waals surface area contributed by atoms with Gasteiger partial charge in [0.05, 0.1) is 0 Å². The molecule has 2 aliphatic rings. The molecule has 0 aromatic carbocycles. The lowest BCUT2D eigenvalue weighted by Crippen LogP contribution is -2.48. The van der Waals surface area contributed by atoms with Crippen molar-refractivity contribution in [3.05, 3.63) is 0 Å². The summed E-state index contributed by atoms with van der Waals surface area (Å²) < 4.78 is 0. The average molecular weight is 168 g/mol. The van der Waals surface area contributed by atoms with E-state index in [-0.39, 0.29) is 0 Å². The second-order valence-electron chi connectivity index (χ2n) is 4.50. The molecule has 1 saturated heterocycles. The van der Waals surface area contributed by atoms with Gasteiger partial charge in [-0.3, -0.25) is 4.90 Å². The van der Waals surface area contributed by atoms with E-state index in [9.17, 15) is 0 Å². The van der Waals surface area contributed by atoms with Crippen molar-refractivity contribution in [2.75, 3.05) is 13.1 Å². The summed E-state index contributed by atoms with van der Waals surface area (Å²) in [4.78, 5) is 2.65. The van der Waals surface area contributed by atoms with Gasteiger partial charge in [-0.2, -0.15) is 0 Å². The molecule has 2 N–H and O–H groups in total. The van der Waals surface area contributed by atoms with Gasteiger partial charge in [0, 0.05) is 18.6 Å². The normalized spacial score (nSPS) is 43.0. The Bertz CT molecular complexity index is 152. The molecule has 0 aromatic heterocycles. The molecule has 0 amide bonds. The van der Waals surface area contributed by atoms with Crippen LogP contribution in [-0.2, 0) is 0 Å². The monoisotopic (exact) mass is 168 g/mol. The molecule has 2 fully saturated rings. The molecule has 1 aliphatic heterocycles. The molecular weight excluding hydrogens is 148 g/mol. The summed E-state index contributed by atoms with van der Waals surface area (Å²) in [5.41, 5.74) is 5.73. The molecule has 1 heterocycles. The molecule has 0 spiro atoms. The second kappa shape index (κ2) is 3.35. The van der Waals surface area contributed by atoms with Gasteiger partial charge >= 0.3 is 0 Å². The van der Waals surface area contributed by atoms with Gasteiger partial charge in [-0.1, -0.05) is 6.92 Å². The van der Waals surface area contributed by atoms with Crippen molar-refractivity contribution >= 4 is 0 Å². The third-order valence-corrected chi connectivity index (χ3v) is 3.51. The number of likely N-dealkylation sites (tertiary alicyclic amines) is 1. The van der Waals surface area contributed by atoms with Gasteiger partial charge in [0.15, 0.2) is 0 Å². The molecule has 12 heavy (non-hydrogen) atoms.